The molecule has 0 radical (unpaired) electrons. The van der Waals surface area contributed by atoms with Crippen LogP contribution in [0.1, 0.15) is 6.42 Å². The van der Waals surface area contributed by atoms with E-state index in [0.29, 0.717) is 11.4 Å². The van der Waals surface area contributed by atoms with E-state index in [1.54, 1.807) is 24.3 Å². The first-order valence-electron chi connectivity index (χ1n) is 5.98. The first-order valence-corrected chi connectivity index (χ1v) is 9.17. The van der Waals surface area contributed by atoms with Gasteiger partial charge in [-0.1, -0.05) is 0 Å². The molecule has 8 nitrogen and oxygen atoms in total. The zero-order chi connectivity index (χ0) is 15.9. The number of ether oxygens (including phenoxy) is 1. The van der Waals surface area contributed by atoms with E-state index in [2.05, 4.69) is 4.18 Å². The van der Waals surface area contributed by atoms with Crippen molar-refractivity contribution in [1.82, 2.24) is 0 Å². The number of rotatable bonds is 9. The Labute approximate surface area is 123 Å². The molecule has 0 atom stereocenters. The van der Waals surface area contributed by atoms with Crippen LogP contribution < -0.4 is 10.5 Å². The Kier molecular flexibility index (Phi) is 6.40. The minimum atomic E-state index is -4.61. The summed E-state index contributed by atoms with van der Waals surface area (Å²) < 4.78 is 61.2. The number of hydrogen-bond donors (Lipinski definition) is 2. The van der Waals surface area contributed by atoms with E-state index in [1.807, 2.05) is 0 Å². The minimum Gasteiger partial charge on any atom is -0.494 e. The Bertz CT molecular complexity index is 638. The molecule has 0 aliphatic heterocycles. The highest BCUT2D eigenvalue weighted by molar-refractivity contribution is 7.91. The van der Waals surface area contributed by atoms with Crippen molar-refractivity contribution in [3.63, 3.8) is 0 Å². The molecule has 0 heterocycles. The van der Waals surface area contributed by atoms with Crippen LogP contribution in [0.4, 0.5) is 5.69 Å². The molecule has 0 aliphatic carbocycles. The van der Waals surface area contributed by atoms with Crippen molar-refractivity contribution in [1.29, 1.82) is 0 Å². The topological polar surface area (TPSA) is 133 Å². The number of anilines is 1. The van der Waals surface area contributed by atoms with Crippen LogP contribution in [0, 0.1) is 0 Å². The summed E-state index contributed by atoms with van der Waals surface area (Å²) in [5.41, 5.74) is 6.11. The fourth-order valence-electron chi connectivity index (χ4n) is 1.40. The SMILES string of the molecule is Nc1ccc(OCCCS(=O)(=O)CCOS(=O)(=O)O)cc1. The average molecular weight is 339 g/mol. The van der Waals surface area contributed by atoms with Crippen LogP contribution in [0.3, 0.4) is 0 Å². The van der Waals surface area contributed by atoms with Gasteiger partial charge < -0.3 is 10.5 Å². The Morgan fingerprint density at radius 1 is 1.00 bits per heavy atom. The standard InChI is InChI=1S/C11H17NO7S2/c12-10-2-4-11(5-3-10)18-6-1-8-20(13,14)9-7-19-21(15,16)17/h2-5H,1,6-9,12H2,(H,15,16,17). The van der Waals surface area contributed by atoms with Crippen molar-refractivity contribution in [3.8, 4) is 5.75 Å². The second-order valence-corrected chi connectivity index (χ2v) is 7.57. The molecule has 0 aromatic heterocycles. The molecule has 1 aromatic rings. The highest BCUT2D eigenvalue weighted by Crippen LogP contribution is 2.13. The van der Waals surface area contributed by atoms with Crippen molar-refractivity contribution in [2.75, 3.05) is 30.5 Å². The highest BCUT2D eigenvalue weighted by Gasteiger charge is 2.13. The molecular formula is C11H17NO7S2. The van der Waals surface area contributed by atoms with E-state index in [1.165, 1.54) is 0 Å². The van der Waals surface area contributed by atoms with E-state index in [-0.39, 0.29) is 18.8 Å². The lowest BCUT2D eigenvalue weighted by molar-refractivity contribution is 0.283. The summed E-state index contributed by atoms with van der Waals surface area (Å²) >= 11 is 0. The quantitative estimate of drug-likeness (QED) is 0.372. The maximum atomic E-state index is 11.5. The summed E-state index contributed by atoms with van der Waals surface area (Å²) in [5, 5.41) is 0. The highest BCUT2D eigenvalue weighted by atomic mass is 32.3. The molecule has 1 aromatic carbocycles. The number of sulfone groups is 1. The summed E-state index contributed by atoms with van der Waals surface area (Å²) in [6.45, 7) is -0.414. The normalized spacial score (nSPS) is 12.2. The largest absolute Gasteiger partial charge is 0.494 e. The van der Waals surface area contributed by atoms with Gasteiger partial charge in [0.2, 0.25) is 0 Å². The van der Waals surface area contributed by atoms with Crippen molar-refractivity contribution >= 4 is 25.9 Å². The van der Waals surface area contributed by atoms with Crippen LogP contribution in [0.2, 0.25) is 0 Å². The molecule has 0 aliphatic rings. The molecule has 0 spiro atoms. The van der Waals surface area contributed by atoms with Crippen LogP contribution in [0.5, 0.6) is 5.75 Å². The second kappa shape index (κ2) is 7.59. The third-order valence-corrected chi connectivity index (χ3v) is 4.54. The predicted molar refractivity (Wildman–Crippen MR) is 77.1 cm³/mol. The molecule has 0 saturated heterocycles. The monoisotopic (exact) mass is 339 g/mol. The molecule has 0 bridgehead atoms. The first kappa shape index (κ1) is 17.7. The first-order chi connectivity index (χ1) is 9.68. The number of nitrogens with two attached hydrogens (primary N) is 1. The van der Waals surface area contributed by atoms with Gasteiger partial charge in [-0.3, -0.25) is 4.55 Å². The molecule has 1 rings (SSSR count). The summed E-state index contributed by atoms with van der Waals surface area (Å²) in [6.07, 6.45) is 0.249. The van der Waals surface area contributed by atoms with Gasteiger partial charge in [-0.05, 0) is 30.7 Å². The van der Waals surface area contributed by atoms with E-state index in [0.717, 1.165) is 0 Å². The smallest absolute Gasteiger partial charge is 0.397 e. The summed E-state index contributed by atoms with van der Waals surface area (Å²) in [4.78, 5) is 0. The van der Waals surface area contributed by atoms with Crippen molar-refractivity contribution in [3.05, 3.63) is 24.3 Å². The molecule has 10 heteroatoms. The zero-order valence-electron chi connectivity index (χ0n) is 11.1. The maximum Gasteiger partial charge on any atom is 0.397 e. The van der Waals surface area contributed by atoms with Gasteiger partial charge in [0.25, 0.3) is 0 Å². The lowest BCUT2D eigenvalue weighted by Gasteiger charge is -2.07. The van der Waals surface area contributed by atoms with Crippen LogP contribution in [-0.4, -0.2) is 46.1 Å². The fourth-order valence-corrected chi connectivity index (χ4v) is 2.90. The molecule has 0 saturated carbocycles. The average Bonchev–Trinajstić information content (AvgIpc) is 2.35. The fraction of sp³-hybridized carbons (Fsp3) is 0.455. The Morgan fingerprint density at radius 2 is 1.62 bits per heavy atom. The molecule has 21 heavy (non-hydrogen) atoms. The van der Waals surface area contributed by atoms with Crippen molar-refractivity contribution in [2.45, 2.75) is 6.42 Å². The van der Waals surface area contributed by atoms with Crippen LogP contribution in [0.15, 0.2) is 24.3 Å². The molecule has 0 amide bonds. The van der Waals surface area contributed by atoms with Crippen molar-refractivity contribution in [2.24, 2.45) is 0 Å². The van der Waals surface area contributed by atoms with Gasteiger partial charge in [-0.15, -0.1) is 0 Å². The van der Waals surface area contributed by atoms with Gasteiger partial charge in [0.15, 0.2) is 9.84 Å². The number of hydrogen-bond acceptors (Lipinski definition) is 7. The van der Waals surface area contributed by atoms with Gasteiger partial charge >= 0.3 is 10.4 Å². The van der Waals surface area contributed by atoms with Crippen LogP contribution in [0.25, 0.3) is 0 Å². The zero-order valence-corrected chi connectivity index (χ0v) is 12.8. The summed E-state index contributed by atoms with van der Waals surface area (Å²) in [7, 11) is -8.08. The molecule has 0 fully saturated rings. The Hall–Kier alpha value is -1.36. The molecule has 3 N–H and O–H groups in total. The minimum absolute atomic E-state index is 0.170. The molecular weight excluding hydrogens is 322 g/mol. The van der Waals surface area contributed by atoms with Crippen LogP contribution in [-0.2, 0) is 24.4 Å². The van der Waals surface area contributed by atoms with Gasteiger partial charge in [0.1, 0.15) is 5.75 Å². The molecule has 0 unspecified atom stereocenters. The van der Waals surface area contributed by atoms with Gasteiger partial charge in [0, 0.05) is 5.69 Å². The maximum absolute atomic E-state index is 11.5. The second-order valence-electron chi connectivity index (χ2n) is 4.17. The van der Waals surface area contributed by atoms with Crippen molar-refractivity contribution < 1.29 is 30.3 Å². The van der Waals surface area contributed by atoms with Gasteiger partial charge in [0.05, 0.1) is 24.7 Å². The summed E-state index contributed by atoms with van der Waals surface area (Å²) in [5.74, 6) is -0.0813. The summed E-state index contributed by atoms with van der Waals surface area (Å²) in [6, 6.07) is 6.67. The third-order valence-electron chi connectivity index (χ3n) is 2.38. The Balaban J connectivity index is 2.26. The Morgan fingerprint density at radius 3 is 2.19 bits per heavy atom. The van der Waals surface area contributed by atoms with Crippen LogP contribution >= 0.6 is 0 Å². The lowest BCUT2D eigenvalue weighted by Crippen LogP contribution is -2.19. The molecule has 120 valence electrons. The number of nitrogen functional groups attached to an aromatic ring is 1. The van der Waals surface area contributed by atoms with E-state index < -0.39 is 32.6 Å². The van der Waals surface area contributed by atoms with E-state index in [9.17, 15) is 16.8 Å². The third kappa shape index (κ3) is 8.50. The van der Waals surface area contributed by atoms with Gasteiger partial charge in [-0.2, -0.15) is 8.42 Å². The number of benzene rings is 1. The van der Waals surface area contributed by atoms with Gasteiger partial charge in [-0.25, -0.2) is 12.6 Å². The van der Waals surface area contributed by atoms with E-state index >= 15 is 0 Å². The predicted octanol–water partition coefficient (Wildman–Crippen LogP) is 0.272. The van der Waals surface area contributed by atoms with E-state index in [4.69, 9.17) is 15.0 Å². The lowest BCUT2D eigenvalue weighted by atomic mass is 10.3.